The number of benzene rings is 1. The lowest BCUT2D eigenvalue weighted by Gasteiger charge is -2.26. The number of carbonyl (C=O) groups excluding carboxylic acids is 1. The van der Waals surface area contributed by atoms with Crippen molar-refractivity contribution in [3.05, 3.63) is 51.2 Å². The summed E-state index contributed by atoms with van der Waals surface area (Å²) in [5.74, 6) is -0.106. The molecule has 0 unspecified atom stereocenters. The number of amides is 1. The van der Waals surface area contributed by atoms with Gasteiger partial charge >= 0.3 is 0 Å². The van der Waals surface area contributed by atoms with Crippen LogP contribution in [0.4, 0.5) is 0 Å². The zero-order chi connectivity index (χ0) is 20.3. The third-order valence-corrected chi connectivity index (χ3v) is 8.26. The van der Waals surface area contributed by atoms with Crippen molar-refractivity contribution in [1.29, 1.82) is 0 Å². The Morgan fingerprint density at radius 1 is 1.18 bits per heavy atom. The summed E-state index contributed by atoms with van der Waals surface area (Å²) in [7, 11) is -3.71. The Hall–Kier alpha value is -1.41. The number of nitrogens with one attached hydrogen (secondary N) is 1. The van der Waals surface area contributed by atoms with Crippen LogP contribution in [-0.4, -0.2) is 31.7 Å². The van der Waals surface area contributed by atoms with E-state index in [9.17, 15) is 13.2 Å². The van der Waals surface area contributed by atoms with Gasteiger partial charge in [-0.2, -0.15) is 4.31 Å². The van der Waals surface area contributed by atoms with Crippen LogP contribution in [0.3, 0.4) is 0 Å². The van der Waals surface area contributed by atoms with E-state index in [1.54, 1.807) is 17.4 Å². The van der Waals surface area contributed by atoms with E-state index < -0.39 is 10.0 Å². The average molecular weight is 441 g/mol. The van der Waals surface area contributed by atoms with Crippen molar-refractivity contribution in [3.63, 3.8) is 0 Å². The highest BCUT2D eigenvalue weighted by Gasteiger charge is 2.29. The summed E-state index contributed by atoms with van der Waals surface area (Å²) in [6, 6.07) is 8.26. The maximum Gasteiger partial charge on any atom is 0.251 e. The highest BCUT2D eigenvalue weighted by Crippen LogP contribution is 2.29. The number of hydrogen-bond acceptors (Lipinski definition) is 4. The minimum atomic E-state index is -3.71. The zero-order valence-corrected chi connectivity index (χ0v) is 18.4. The van der Waals surface area contributed by atoms with Crippen LogP contribution in [0.1, 0.15) is 54.4 Å². The minimum Gasteiger partial charge on any atom is -0.344 e. The van der Waals surface area contributed by atoms with Crippen LogP contribution in [0, 0.1) is 5.92 Å². The monoisotopic (exact) mass is 440 g/mol. The molecular formula is C20H25ClN2O3S2. The summed E-state index contributed by atoms with van der Waals surface area (Å²) < 4.78 is 27.5. The first-order chi connectivity index (χ1) is 13.3. The van der Waals surface area contributed by atoms with Crippen LogP contribution in [-0.2, 0) is 10.0 Å². The van der Waals surface area contributed by atoms with Crippen molar-refractivity contribution in [3.8, 4) is 0 Å². The number of halogens is 1. The van der Waals surface area contributed by atoms with Gasteiger partial charge in [0, 0.05) is 23.5 Å². The van der Waals surface area contributed by atoms with Gasteiger partial charge in [-0.1, -0.05) is 37.9 Å². The lowest BCUT2D eigenvalue weighted by atomic mass is 10.0. The van der Waals surface area contributed by atoms with Gasteiger partial charge in [-0.05, 0) is 48.4 Å². The third-order valence-electron chi connectivity index (χ3n) is 4.93. The maximum atomic E-state index is 13.0. The molecule has 1 saturated heterocycles. The fraction of sp³-hybridized carbons (Fsp3) is 0.450. The molecule has 152 valence electrons. The number of thiophene rings is 1. The SMILES string of the molecule is CC(C)[C@H](NC(=O)c1ccc(Cl)c(S(=O)(=O)N2CCCCC2)c1)c1cccs1. The van der Waals surface area contributed by atoms with E-state index >= 15 is 0 Å². The molecule has 1 amide bonds. The first-order valence-corrected chi connectivity index (χ1v) is 12.1. The predicted octanol–water partition coefficient (Wildman–Crippen LogP) is 4.70. The molecule has 5 nitrogen and oxygen atoms in total. The number of rotatable bonds is 6. The summed E-state index contributed by atoms with van der Waals surface area (Å²) in [5, 5.41) is 5.15. The first-order valence-electron chi connectivity index (χ1n) is 9.44. The van der Waals surface area contributed by atoms with Gasteiger partial charge in [0.05, 0.1) is 11.1 Å². The largest absolute Gasteiger partial charge is 0.344 e. The Bertz CT molecular complexity index is 921. The fourth-order valence-electron chi connectivity index (χ4n) is 3.35. The van der Waals surface area contributed by atoms with E-state index in [0.717, 1.165) is 24.1 Å². The van der Waals surface area contributed by atoms with E-state index in [2.05, 4.69) is 5.32 Å². The second-order valence-electron chi connectivity index (χ2n) is 7.32. The van der Waals surface area contributed by atoms with E-state index in [-0.39, 0.29) is 27.8 Å². The molecular weight excluding hydrogens is 416 g/mol. The topological polar surface area (TPSA) is 66.5 Å². The van der Waals surface area contributed by atoms with Gasteiger partial charge in [-0.25, -0.2) is 8.42 Å². The summed E-state index contributed by atoms with van der Waals surface area (Å²) in [5.41, 5.74) is 0.294. The standard InChI is InChI=1S/C20H25ClN2O3S2/c1-14(2)19(17-7-6-12-27-17)22-20(24)15-8-9-16(21)18(13-15)28(25,26)23-10-4-3-5-11-23/h6-9,12-14,19H,3-5,10-11H2,1-2H3,(H,22,24)/t19-/m0/s1. The second kappa shape index (κ2) is 8.95. The van der Waals surface area contributed by atoms with Crippen molar-refractivity contribution < 1.29 is 13.2 Å². The van der Waals surface area contributed by atoms with Crippen LogP contribution >= 0.6 is 22.9 Å². The third kappa shape index (κ3) is 4.59. The van der Waals surface area contributed by atoms with Crippen LogP contribution in [0.2, 0.25) is 5.02 Å². The van der Waals surface area contributed by atoms with Gasteiger partial charge in [0.25, 0.3) is 5.91 Å². The highest BCUT2D eigenvalue weighted by atomic mass is 35.5. The van der Waals surface area contributed by atoms with E-state index in [4.69, 9.17) is 11.6 Å². The van der Waals surface area contributed by atoms with Crippen molar-refractivity contribution in [1.82, 2.24) is 9.62 Å². The average Bonchev–Trinajstić information content (AvgIpc) is 3.21. The molecule has 1 aromatic carbocycles. The molecule has 28 heavy (non-hydrogen) atoms. The molecule has 0 radical (unpaired) electrons. The Morgan fingerprint density at radius 2 is 1.89 bits per heavy atom. The summed E-state index contributed by atoms with van der Waals surface area (Å²) in [4.78, 5) is 13.9. The molecule has 3 rings (SSSR count). The Morgan fingerprint density at radius 3 is 2.50 bits per heavy atom. The molecule has 1 aliphatic heterocycles. The molecule has 1 aromatic heterocycles. The molecule has 1 fully saturated rings. The summed E-state index contributed by atoms with van der Waals surface area (Å²) >= 11 is 7.79. The molecule has 2 heterocycles. The molecule has 1 N–H and O–H groups in total. The fourth-order valence-corrected chi connectivity index (χ4v) is 6.31. The smallest absolute Gasteiger partial charge is 0.251 e. The molecule has 2 aromatic rings. The first kappa shape index (κ1) is 21.3. The van der Waals surface area contributed by atoms with Crippen LogP contribution < -0.4 is 5.32 Å². The minimum absolute atomic E-state index is 0.000868. The maximum absolute atomic E-state index is 13.0. The van der Waals surface area contributed by atoms with Crippen molar-refractivity contribution in [2.75, 3.05) is 13.1 Å². The number of piperidine rings is 1. The molecule has 0 saturated carbocycles. The van der Waals surface area contributed by atoms with E-state index in [1.165, 1.54) is 16.4 Å². The van der Waals surface area contributed by atoms with Gasteiger partial charge in [0.1, 0.15) is 4.90 Å². The second-order valence-corrected chi connectivity index (χ2v) is 10.6. The molecule has 8 heteroatoms. The van der Waals surface area contributed by atoms with Crippen LogP contribution in [0.5, 0.6) is 0 Å². The van der Waals surface area contributed by atoms with Gasteiger partial charge in [-0.3, -0.25) is 4.79 Å². The van der Waals surface area contributed by atoms with Crippen LogP contribution in [0.15, 0.2) is 40.6 Å². The van der Waals surface area contributed by atoms with E-state index in [0.29, 0.717) is 18.7 Å². The molecule has 0 aliphatic carbocycles. The van der Waals surface area contributed by atoms with Crippen molar-refractivity contribution in [2.24, 2.45) is 5.92 Å². The number of nitrogens with zero attached hydrogens (tertiary/aromatic N) is 1. The van der Waals surface area contributed by atoms with Gasteiger partial charge in [-0.15, -0.1) is 11.3 Å². The summed E-state index contributed by atoms with van der Waals surface area (Å²) in [6.07, 6.45) is 2.71. The van der Waals surface area contributed by atoms with Crippen LogP contribution in [0.25, 0.3) is 0 Å². The Balaban J connectivity index is 1.87. The number of carbonyl (C=O) groups is 1. The van der Waals surface area contributed by atoms with Gasteiger partial charge in [0.2, 0.25) is 10.0 Å². The Kier molecular flexibility index (Phi) is 6.81. The molecule has 1 atom stereocenters. The number of hydrogen-bond donors (Lipinski definition) is 1. The Labute approximate surface area is 175 Å². The van der Waals surface area contributed by atoms with Crippen molar-refractivity contribution in [2.45, 2.75) is 44.0 Å². The normalized spacial score (nSPS) is 16.9. The summed E-state index contributed by atoms with van der Waals surface area (Å²) in [6.45, 7) is 5.06. The zero-order valence-electron chi connectivity index (χ0n) is 16.0. The molecule has 0 bridgehead atoms. The lowest BCUT2D eigenvalue weighted by molar-refractivity contribution is 0.0926. The van der Waals surface area contributed by atoms with Gasteiger partial charge in [0.15, 0.2) is 0 Å². The highest BCUT2D eigenvalue weighted by molar-refractivity contribution is 7.89. The van der Waals surface area contributed by atoms with Gasteiger partial charge < -0.3 is 5.32 Å². The number of sulfonamides is 1. The van der Waals surface area contributed by atoms with E-state index in [1.807, 2.05) is 31.4 Å². The quantitative estimate of drug-likeness (QED) is 0.707. The lowest BCUT2D eigenvalue weighted by Crippen LogP contribution is -2.36. The molecule has 1 aliphatic rings. The predicted molar refractivity (Wildman–Crippen MR) is 113 cm³/mol. The molecule has 0 spiro atoms. The van der Waals surface area contributed by atoms with Crippen molar-refractivity contribution >= 4 is 38.9 Å².